The van der Waals surface area contributed by atoms with E-state index in [0.29, 0.717) is 5.82 Å². The molecule has 1 fully saturated rings. The monoisotopic (exact) mass is 266 g/mol. The van der Waals surface area contributed by atoms with Crippen LogP contribution in [0.4, 0.5) is 11.6 Å². The smallest absolute Gasteiger partial charge is 0.364 e. The maximum atomic E-state index is 10.8. The van der Waals surface area contributed by atoms with E-state index >= 15 is 0 Å². The summed E-state index contributed by atoms with van der Waals surface area (Å²) in [5.74, 6) is 2.05. The first-order valence-electron chi connectivity index (χ1n) is 6.97. The van der Waals surface area contributed by atoms with Crippen LogP contribution in [0.5, 0.6) is 0 Å². The molecular formula is C13H22N4O2. The molecule has 0 unspecified atom stereocenters. The third kappa shape index (κ3) is 3.45. The SMILES string of the molecule is CC1CCC(CCNc2c([N+](=O)[O-])ncn2C)CC1. The normalized spacial score (nSPS) is 23.3. The number of aryl methyl sites for hydroxylation is 1. The van der Waals surface area contributed by atoms with Crippen molar-refractivity contribution in [3.8, 4) is 0 Å². The standard InChI is InChI=1S/C13H22N4O2/c1-10-3-5-11(6-4-10)7-8-14-12-13(17(18)19)15-9-16(12)2/h9-11,14H,3-8H2,1-2H3. The summed E-state index contributed by atoms with van der Waals surface area (Å²) in [6, 6.07) is 0. The number of aromatic nitrogens is 2. The van der Waals surface area contributed by atoms with Crippen molar-refractivity contribution < 1.29 is 4.92 Å². The third-order valence-electron chi connectivity index (χ3n) is 4.07. The van der Waals surface area contributed by atoms with Crippen molar-refractivity contribution in [3.63, 3.8) is 0 Å². The fraction of sp³-hybridized carbons (Fsp3) is 0.769. The molecule has 0 aromatic carbocycles. The van der Waals surface area contributed by atoms with Crippen LogP contribution < -0.4 is 5.32 Å². The summed E-state index contributed by atoms with van der Waals surface area (Å²) in [6.45, 7) is 3.09. The van der Waals surface area contributed by atoms with E-state index in [1.165, 1.54) is 32.0 Å². The predicted octanol–water partition coefficient (Wildman–Crippen LogP) is 2.96. The van der Waals surface area contributed by atoms with Gasteiger partial charge in [-0.3, -0.25) is 4.57 Å². The average Bonchev–Trinajstić information content (AvgIpc) is 2.74. The van der Waals surface area contributed by atoms with Gasteiger partial charge in [-0.1, -0.05) is 32.6 Å². The van der Waals surface area contributed by atoms with Gasteiger partial charge in [0.2, 0.25) is 12.1 Å². The molecule has 1 aromatic rings. The van der Waals surface area contributed by atoms with Crippen LogP contribution in [0.3, 0.4) is 0 Å². The summed E-state index contributed by atoms with van der Waals surface area (Å²) in [5.41, 5.74) is 0. The van der Waals surface area contributed by atoms with Crippen LogP contribution in [0, 0.1) is 22.0 Å². The Morgan fingerprint density at radius 3 is 2.79 bits per heavy atom. The summed E-state index contributed by atoms with van der Waals surface area (Å²) in [7, 11) is 1.77. The minimum absolute atomic E-state index is 0.0835. The van der Waals surface area contributed by atoms with Gasteiger partial charge in [-0.05, 0) is 28.2 Å². The fourth-order valence-electron chi connectivity index (χ4n) is 2.77. The summed E-state index contributed by atoms with van der Waals surface area (Å²) in [6.07, 6.45) is 7.76. The van der Waals surface area contributed by atoms with Gasteiger partial charge in [-0.2, -0.15) is 0 Å². The van der Waals surface area contributed by atoms with Crippen molar-refractivity contribution >= 4 is 11.6 Å². The van der Waals surface area contributed by atoms with E-state index < -0.39 is 4.92 Å². The Morgan fingerprint density at radius 1 is 1.47 bits per heavy atom. The van der Waals surface area contributed by atoms with Gasteiger partial charge in [0.1, 0.15) is 0 Å². The number of nitrogens with zero attached hydrogens (tertiary/aromatic N) is 3. The number of rotatable bonds is 5. The lowest BCUT2D eigenvalue weighted by Gasteiger charge is -2.26. The van der Waals surface area contributed by atoms with E-state index in [2.05, 4.69) is 17.2 Å². The Kier molecular flexibility index (Phi) is 4.39. The molecule has 0 radical (unpaired) electrons. The van der Waals surface area contributed by atoms with Crippen LogP contribution in [0.2, 0.25) is 0 Å². The van der Waals surface area contributed by atoms with E-state index in [-0.39, 0.29) is 5.82 Å². The Bertz CT molecular complexity index is 436. The molecule has 0 spiro atoms. The second-order valence-corrected chi connectivity index (χ2v) is 5.63. The minimum atomic E-state index is -0.440. The van der Waals surface area contributed by atoms with Crippen molar-refractivity contribution in [3.05, 3.63) is 16.4 Å². The highest BCUT2D eigenvalue weighted by Gasteiger charge is 2.21. The lowest BCUT2D eigenvalue weighted by atomic mass is 9.81. The quantitative estimate of drug-likeness (QED) is 0.657. The molecule has 0 bridgehead atoms. The molecule has 1 saturated carbocycles. The van der Waals surface area contributed by atoms with E-state index in [0.717, 1.165) is 24.8 Å². The largest absolute Gasteiger partial charge is 0.406 e. The Labute approximate surface area is 113 Å². The summed E-state index contributed by atoms with van der Waals surface area (Å²) in [5, 5.41) is 14.0. The molecule has 0 aliphatic heterocycles. The molecule has 6 nitrogen and oxygen atoms in total. The van der Waals surface area contributed by atoms with Crippen molar-refractivity contribution in [2.45, 2.75) is 39.0 Å². The number of nitro groups is 1. The minimum Gasteiger partial charge on any atom is -0.364 e. The molecule has 106 valence electrons. The van der Waals surface area contributed by atoms with Gasteiger partial charge in [0, 0.05) is 13.6 Å². The van der Waals surface area contributed by atoms with Crippen molar-refractivity contribution in [1.82, 2.24) is 9.55 Å². The van der Waals surface area contributed by atoms with E-state index in [9.17, 15) is 10.1 Å². The maximum Gasteiger partial charge on any atom is 0.406 e. The first-order valence-corrected chi connectivity index (χ1v) is 6.97. The van der Waals surface area contributed by atoms with E-state index in [4.69, 9.17) is 0 Å². The summed E-state index contributed by atoms with van der Waals surface area (Å²) >= 11 is 0. The molecule has 19 heavy (non-hydrogen) atoms. The molecule has 0 atom stereocenters. The molecule has 2 rings (SSSR count). The molecule has 1 aromatic heterocycles. The zero-order valence-corrected chi connectivity index (χ0v) is 11.6. The highest BCUT2D eigenvalue weighted by molar-refractivity contribution is 5.51. The second kappa shape index (κ2) is 6.04. The van der Waals surface area contributed by atoms with Crippen LogP contribution in [-0.2, 0) is 7.05 Å². The third-order valence-corrected chi connectivity index (χ3v) is 4.07. The fourth-order valence-corrected chi connectivity index (χ4v) is 2.77. The summed E-state index contributed by atoms with van der Waals surface area (Å²) < 4.78 is 1.67. The molecule has 1 aliphatic rings. The summed E-state index contributed by atoms with van der Waals surface area (Å²) in [4.78, 5) is 14.2. The number of nitrogens with one attached hydrogen (secondary N) is 1. The molecule has 1 N–H and O–H groups in total. The van der Waals surface area contributed by atoms with Crippen LogP contribution in [0.25, 0.3) is 0 Å². The van der Waals surface area contributed by atoms with E-state index in [1.807, 2.05) is 0 Å². The molecule has 1 aliphatic carbocycles. The van der Waals surface area contributed by atoms with Crippen LogP contribution >= 0.6 is 0 Å². The highest BCUT2D eigenvalue weighted by Crippen LogP contribution is 2.30. The van der Waals surface area contributed by atoms with Gasteiger partial charge in [-0.15, -0.1) is 0 Å². The predicted molar refractivity (Wildman–Crippen MR) is 74.1 cm³/mol. The maximum absolute atomic E-state index is 10.8. The Hall–Kier alpha value is -1.59. The first-order chi connectivity index (χ1) is 9.08. The van der Waals surface area contributed by atoms with Crippen molar-refractivity contribution in [1.29, 1.82) is 0 Å². The topological polar surface area (TPSA) is 73.0 Å². The van der Waals surface area contributed by atoms with Gasteiger partial charge in [0.05, 0.1) is 0 Å². The highest BCUT2D eigenvalue weighted by atomic mass is 16.6. The van der Waals surface area contributed by atoms with Crippen molar-refractivity contribution in [2.75, 3.05) is 11.9 Å². The average molecular weight is 266 g/mol. The molecule has 0 amide bonds. The number of hydrogen-bond donors (Lipinski definition) is 1. The Balaban J connectivity index is 1.82. The Morgan fingerprint density at radius 2 is 2.16 bits per heavy atom. The molecule has 6 heteroatoms. The van der Waals surface area contributed by atoms with Gasteiger partial charge >= 0.3 is 5.82 Å². The lowest BCUT2D eigenvalue weighted by Crippen LogP contribution is -2.16. The number of hydrogen-bond acceptors (Lipinski definition) is 4. The lowest BCUT2D eigenvalue weighted by molar-refractivity contribution is -0.388. The van der Waals surface area contributed by atoms with Crippen LogP contribution in [0.1, 0.15) is 39.0 Å². The molecule has 1 heterocycles. The molecule has 0 saturated heterocycles. The van der Waals surface area contributed by atoms with Gasteiger partial charge in [0.15, 0.2) is 0 Å². The first kappa shape index (κ1) is 13.8. The zero-order chi connectivity index (χ0) is 13.8. The van der Waals surface area contributed by atoms with E-state index in [1.54, 1.807) is 11.6 Å². The van der Waals surface area contributed by atoms with Crippen LogP contribution in [-0.4, -0.2) is 21.0 Å². The van der Waals surface area contributed by atoms with Gasteiger partial charge in [-0.25, -0.2) is 0 Å². The zero-order valence-electron chi connectivity index (χ0n) is 11.6. The van der Waals surface area contributed by atoms with Crippen LogP contribution in [0.15, 0.2) is 6.33 Å². The number of anilines is 1. The van der Waals surface area contributed by atoms with Gasteiger partial charge < -0.3 is 15.4 Å². The van der Waals surface area contributed by atoms with Crippen molar-refractivity contribution in [2.24, 2.45) is 18.9 Å². The molecular weight excluding hydrogens is 244 g/mol. The second-order valence-electron chi connectivity index (χ2n) is 5.63. The van der Waals surface area contributed by atoms with Gasteiger partial charge in [0.25, 0.3) is 0 Å². The number of imidazole rings is 1.